The number of halogens is 1. The SMILES string of the molecule is CC[C@]1(c2ccc(F)cc2)N=C(C)N(CCCN2CCC(c3ccc4c(c3)OCCO4)CC2)C1=O. The zero-order chi connectivity index (χ0) is 24.4. The summed E-state index contributed by atoms with van der Waals surface area (Å²) in [6, 6.07) is 12.5. The molecule has 7 heteroatoms. The van der Waals surface area contributed by atoms with Crippen molar-refractivity contribution in [1.29, 1.82) is 0 Å². The summed E-state index contributed by atoms with van der Waals surface area (Å²) in [7, 11) is 0. The summed E-state index contributed by atoms with van der Waals surface area (Å²) < 4.78 is 24.8. The van der Waals surface area contributed by atoms with Crippen LogP contribution in [0.15, 0.2) is 47.5 Å². The zero-order valence-corrected chi connectivity index (χ0v) is 20.6. The smallest absolute Gasteiger partial charge is 0.260 e. The average Bonchev–Trinajstić information content (AvgIpc) is 3.14. The lowest BCUT2D eigenvalue weighted by atomic mass is 9.87. The fraction of sp³-hybridized carbons (Fsp3) is 0.500. The molecule has 1 fully saturated rings. The maximum absolute atomic E-state index is 13.4. The van der Waals surface area contributed by atoms with Crippen LogP contribution >= 0.6 is 0 Å². The van der Waals surface area contributed by atoms with E-state index in [0.717, 1.165) is 61.8 Å². The van der Waals surface area contributed by atoms with Gasteiger partial charge in [0, 0.05) is 6.54 Å². The van der Waals surface area contributed by atoms with Crippen molar-refractivity contribution < 1.29 is 18.7 Å². The Bertz CT molecular complexity index is 1100. The van der Waals surface area contributed by atoms with E-state index in [1.807, 2.05) is 24.8 Å². The Morgan fingerprint density at radius 1 is 1.03 bits per heavy atom. The Kier molecular flexibility index (Phi) is 6.78. The number of ether oxygens (including phenoxy) is 2. The number of amides is 1. The average molecular weight is 480 g/mol. The van der Waals surface area contributed by atoms with Gasteiger partial charge in [-0.3, -0.25) is 14.7 Å². The van der Waals surface area contributed by atoms with Crippen molar-refractivity contribution in [2.75, 3.05) is 39.4 Å². The summed E-state index contributed by atoms with van der Waals surface area (Å²) >= 11 is 0. The molecule has 0 saturated carbocycles. The van der Waals surface area contributed by atoms with Crippen LogP contribution in [0.1, 0.15) is 56.6 Å². The second kappa shape index (κ2) is 9.97. The second-order valence-electron chi connectivity index (χ2n) is 9.71. The molecule has 1 amide bonds. The molecule has 0 radical (unpaired) electrons. The van der Waals surface area contributed by atoms with Gasteiger partial charge in [0.1, 0.15) is 24.9 Å². The predicted molar refractivity (Wildman–Crippen MR) is 134 cm³/mol. The van der Waals surface area contributed by atoms with Gasteiger partial charge >= 0.3 is 0 Å². The van der Waals surface area contributed by atoms with Crippen molar-refractivity contribution in [3.63, 3.8) is 0 Å². The first kappa shape index (κ1) is 23.8. The van der Waals surface area contributed by atoms with Gasteiger partial charge in [-0.25, -0.2) is 4.39 Å². The van der Waals surface area contributed by atoms with E-state index in [4.69, 9.17) is 14.5 Å². The summed E-state index contributed by atoms with van der Waals surface area (Å²) in [5, 5.41) is 0. The van der Waals surface area contributed by atoms with E-state index >= 15 is 0 Å². The van der Waals surface area contributed by atoms with Crippen LogP contribution in [0.25, 0.3) is 0 Å². The van der Waals surface area contributed by atoms with E-state index in [2.05, 4.69) is 17.0 Å². The molecule has 2 aromatic carbocycles. The number of likely N-dealkylation sites (tertiary alicyclic amines) is 1. The van der Waals surface area contributed by atoms with Crippen LogP contribution in [-0.4, -0.2) is 60.9 Å². The summed E-state index contributed by atoms with van der Waals surface area (Å²) in [5.41, 5.74) is 1.16. The molecule has 3 aliphatic rings. The lowest BCUT2D eigenvalue weighted by Crippen LogP contribution is -2.42. The molecule has 3 aliphatic heterocycles. The third-order valence-electron chi connectivity index (χ3n) is 7.66. The normalized spacial score (nSPS) is 23.0. The van der Waals surface area contributed by atoms with Crippen LogP contribution in [0.4, 0.5) is 4.39 Å². The molecule has 35 heavy (non-hydrogen) atoms. The lowest BCUT2D eigenvalue weighted by Gasteiger charge is -2.33. The van der Waals surface area contributed by atoms with E-state index in [9.17, 15) is 9.18 Å². The third kappa shape index (κ3) is 4.66. The number of benzene rings is 2. The molecule has 6 nitrogen and oxygen atoms in total. The molecule has 0 aromatic heterocycles. The molecule has 0 N–H and O–H groups in total. The molecule has 0 bridgehead atoms. The van der Waals surface area contributed by atoms with Crippen molar-refractivity contribution in [1.82, 2.24) is 9.80 Å². The van der Waals surface area contributed by atoms with Crippen molar-refractivity contribution in [3.8, 4) is 11.5 Å². The fourth-order valence-corrected chi connectivity index (χ4v) is 5.62. The van der Waals surface area contributed by atoms with Crippen LogP contribution in [0.2, 0.25) is 0 Å². The Labute approximate surface area is 206 Å². The van der Waals surface area contributed by atoms with Crippen LogP contribution in [-0.2, 0) is 10.3 Å². The summed E-state index contributed by atoms with van der Waals surface area (Å²) in [6.45, 7) is 8.81. The molecule has 0 unspecified atom stereocenters. The van der Waals surface area contributed by atoms with Crippen LogP contribution in [0, 0.1) is 5.82 Å². The van der Waals surface area contributed by atoms with E-state index in [1.165, 1.54) is 17.7 Å². The third-order valence-corrected chi connectivity index (χ3v) is 7.66. The summed E-state index contributed by atoms with van der Waals surface area (Å²) in [4.78, 5) is 22.5. The number of rotatable bonds is 7. The highest BCUT2D eigenvalue weighted by Crippen LogP contribution is 2.38. The van der Waals surface area contributed by atoms with Crippen molar-refractivity contribution in [2.45, 2.75) is 51.0 Å². The maximum atomic E-state index is 13.4. The number of carbonyl (C=O) groups excluding carboxylic acids is 1. The first-order chi connectivity index (χ1) is 17.0. The minimum absolute atomic E-state index is 0.00132. The molecule has 0 aliphatic carbocycles. The Morgan fingerprint density at radius 2 is 1.74 bits per heavy atom. The number of fused-ring (bicyclic) bond motifs is 1. The minimum Gasteiger partial charge on any atom is -0.486 e. The first-order valence-electron chi connectivity index (χ1n) is 12.8. The Morgan fingerprint density at radius 3 is 2.46 bits per heavy atom. The molecule has 5 rings (SSSR count). The van der Waals surface area contributed by atoms with E-state index < -0.39 is 5.54 Å². The van der Waals surface area contributed by atoms with Crippen molar-refractivity contribution in [2.24, 2.45) is 4.99 Å². The number of piperidine rings is 1. The van der Waals surface area contributed by atoms with Gasteiger partial charge in [0.2, 0.25) is 0 Å². The summed E-state index contributed by atoms with van der Waals surface area (Å²) in [6.07, 6.45) is 3.69. The molecule has 1 atom stereocenters. The van der Waals surface area contributed by atoms with E-state index in [-0.39, 0.29) is 11.7 Å². The number of carbonyl (C=O) groups is 1. The van der Waals surface area contributed by atoms with Crippen LogP contribution in [0.5, 0.6) is 11.5 Å². The standard InChI is InChI=1S/C28H34FN3O3/c1-3-28(23-6-8-24(29)9-7-23)27(33)32(20(2)30-28)14-4-13-31-15-11-21(12-16-31)22-5-10-25-26(19-22)35-18-17-34-25/h5-10,19,21H,3-4,11-18H2,1-2H3/t28-/m1/s1. The van der Waals surface area contributed by atoms with Crippen molar-refractivity contribution in [3.05, 3.63) is 59.4 Å². The summed E-state index contributed by atoms with van der Waals surface area (Å²) in [5.74, 6) is 2.70. The Hall–Kier alpha value is -2.93. The van der Waals surface area contributed by atoms with Gasteiger partial charge in [0.05, 0.1) is 0 Å². The highest BCUT2D eigenvalue weighted by Gasteiger charge is 2.46. The quantitative estimate of drug-likeness (QED) is 0.576. The monoisotopic (exact) mass is 479 g/mol. The van der Waals surface area contributed by atoms with Gasteiger partial charge in [0.15, 0.2) is 17.0 Å². The molecular formula is C28H34FN3O3. The van der Waals surface area contributed by atoms with Gasteiger partial charge in [-0.05, 0) is 93.6 Å². The zero-order valence-electron chi connectivity index (χ0n) is 20.6. The number of hydrogen-bond acceptors (Lipinski definition) is 5. The molecule has 1 saturated heterocycles. The van der Waals surface area contributed by atoms with Crippen LogP contribution < -0.4 is 9.47 Å². The van der Waals surface area contributed by atoms with Gasteiger partial charge in [0.25, 0.3) is 5.91 Å². The first-order valence-corrected chi connectivity index (χ1v) is 12.8. The van der Waals surface area contributed by atoms with Gasteiger partial charge < -0.3 is 14.4 Å². The van der Waals surface area contributed by atoms with Gasteiger partial charge in [-0.15, -0.1) is 0 Å². The van der Waals surface area contributed by atoms with Crippen molar-refractivity contribution >= 4 is 11.7 Å². The fourth-order valence-electron chi connectivity index (χ4n) is 5.62. The molecule has 0 spiro atoms. The largest absolute Gasteiger partial charge is 0.486 e. The Balaban J connectivity index is 1.13. The molecule has 186 valence electrons. The molecule has 2 aromatic rings. The second-order valence-corrected chi connectivity index (χ2v) is 9.71. The number of hydrogen-bond donors (Lipinski definition) is 0. The predicted octanol–water partition coefficient (Wildman–Crippen LogP) is 4.73. The molecular weight excluding hydrogens is 445 g/mol. The highest BCUT2D eigenvalue weighted by molar-refractivity contribution is 6.07. The van der Waals surface area contributed by atoms with Gasteiger partial charge in [-0.1, -0.05) is 25.1 Å². The number of amidine groups is 1. The van der Waals surface area contributed by atoms with Gasteiger partial charge in [-0.2, -0.15) is 0 Å². The topological polar surface area (TPSA) is 54.4 Å². The highest BCUT2D eigenvalue weighted by atomic mass is 19.1. The van der Waals surface area contributed by atoms with E-state index in [1.54, 1.807) is 12.1 Å². The maximum Gasteiger partial charge on any atom is 0.260 e. The molecule has 3 heterocycles. The lowest BCUT2D eigenvalue weighted by molar-refractivity contribution is -0.131. The number of aliphatic imine (C=N–C) groups is 1. The van der Waals surface area contributed by atoms with E-state index in [0.29, 0.717) is 32.1 Å². The minimum atomic E-state index is -0.931. The van der Waals surface area contributed by atoms with Crippen LogP contribution in [0.3, 0.4) is 0 Å². The number of nitrogens with zero attached hydrogens (tertiary/aromatic N) is 3.